The summed E-state index contributed by atoms with van der Waals surface area (Å²) in [4.78, 5) is 3.68. The van der Waals surface area contributed by atoms with Gasteiger partial charge in [0.1, 0.15) is 7.85 Å². The largest absolute Gasteiger partial charge is 0.481 e. The molecule has 9 heavy (non-hydrogen) atoms. The first-order valence-corrected chi connectivity index (χ1v) is 2.39. The van der Waals surface area contributed by atoms with Crippen molar-refractivity contribution in [3.05, 3.63) is 24.8 Å². The van der Waals surface area contributed by atoms with E-state index in [-0.39, 0.29) is 0 Å². The molecule has 0 bridgehead atoms. The fourth-order valence-electron chi connectivity index (χ4n) is 0.350. The average molecular weight is 121 g/mol. The fraction of sp³-hybridized carbons (Fsp3) is 0.167. The Labute approximate surface area is 56.3 Å². The van der Waals surface area contributed by atoms with Gasteiger partial charge in [-0.15, -0.1) is 6.58 Å². The highest BCUT2D eigenvalue weighted by molar-refractivity contribution is 6.35. The highest BCUT2D eigenvalue weighted by Crippen LogP contribution is 1.89. The Balaban J connectivity index is 4.14. The topological polar surface area (TPSA) is 21.6 Å². The maximum Gasteiger partial charge on any atom is 0.204 e. The van der Waals surface area contributed by atoms with Crippen molar-refractivity contribution in [2.75, 3.05) is 7.11 Å². The van der Waals surface area contributed by atoms with Crippen LogP contribution in [0.4, 0.5) is 0 Å². The summed E-state index contributed by atoms with van der Waals surface area (Å²) < 4.78 is 4.71. The molecule has 0 saturated heterocycles. The van der Waals surface area contributed by atoms with Gasteiger partial charge in [0.05, 0.1) is 7.11 Å². The molecule has 0 atom stereocenters. The Hall–Kier alpha value is -0.985. The molecule has 0 aromatic heterocycles. The molecule has 0 aliphatic carbocycles. The second kappa shape index (κ2) is 3.95. The van der Waals surface area contributed by atoms with Gasteiger partial charge in [-0.1, -0.05) is 6.58 Å². The summed E-state index contributed by atoms with van der Waals surface area (Å²) in [6, 6.07) is 0. The summed E-state index contributed by atoms with van der Waals surface area (Å²) in [7, 11) is 6.71. The molecule has 0 aliphatic heterocycles. The number of rotatable bonds is 2. The molecule has 0 N–H and O–H groups in total. The van der Waals surface area contributed by atoms with Gasteiger partial charge in [0.2, 0.25) is 5.90 Å². The number of nitrogens with zero attached hydrogens (tertiary/aromatic N) is 1. The number of hydrogen-bond acceptors (Lipinski definition) is 2. The highest BCUT2D eigenvalue weighted by atomic mass is 16.5. The van der Waals surface area contributed by atoms with E-state index in [0.717, 1.165) is 0 Å². The van der Waals surface area contributed by atoms with E-state index >= 15 is 0 Å². The first-order valence-electron chi connectivity index (χ1n) is 2.39. The van der Waals surface area contributed by atoms with E-state index in [1.165, 1.54) is 13.3 Å². The lowest BCUT2D eigenvalue weighted by Gasteiger charge is -2.00. The maximum atomic E-state index is 5.24. The van der Waals surface area contributed by atoms with Crippen LogP contribution in [0.1, 0.15) is 0 Å². The van der Waals surface area contributed by atoms with Crippen LogP contribution >= 0.6 is 0 Å². The first kappa shape index (κ1) is 8.01. The van der Waals surface area contributed by atoms with Crippen LogP contribution in [0.2, 0.25) is 0 Å². The Bertz CT molecular complexity index is 151. The Kier molecular flexibility index (Phi) is 3.52. The number of ether oxygens (including phenoxy) is 1. The van der Waals surface area contributed by atoms with Gasteiger partial charge < -0.3 is 4.74 Å². The molecule has 0 aromatic rings. The summed E-state index contributed by atoms with van der Waals surface area (Å²) in [6.45, 7) is 6.79. The van der Waals surface area contributed by atoms with Gasteiger partial charge in [-0.3, -0.25) is 0 Å². The normalized spacial score (nSPS) is 10.6. The van der Waals surface area contributed by atoms with Gasteiger partial charge in [-0.25, -0.2) is 4.99 Å². The van der Waals surface area contributed by atoms with Crippen LogP contribution in [-0.2, 0) is 4.74 Å². The van der Waals surface area contributed by atoms with Crippen molar-refractivity contribution in [2.45, 2.75) is 0 Å². The van der Waals surface area contributed by atoms with E-state index in [0.29, 0.717) is 11.4 Å². The number of aliphatic imine (C=N–C) groups is 1. The Morgan fingerprint density at radius 3 is 2.44 bits per heavy atom. The van der Waals surface area contributed by atoms with Crippen LogP contribution in [0.5, 0.6) is 0 Å². The van der Waals surface area contributed by atoms with Crippen molar-refractivity contribution in [1.29, 1.82) is 0 Å². The van der Waals surface area contributed by atoms with E-state index in [4.69, 9.17) is 12.6 Å². The molecule has 0 aliphatic rings. The number of hydrogen-bond donors (Lipinski definition) is 0. The van der Waals surface area contributed by atoms with Crippen molar-refractivity contribution < 1.29 is 4.74 Å². The lowest BCUT2D eigenvalue weighted by atomic mass is 9.98. The van der Waals surface area contributed by atoms with Crippen LogP contribution in [0.3, 0.4) is 0 Å². The standard InChI is InChI=1S/C6H8BNO/c1-4-8-6(9-3)5(2)7/h4H,1-2H2,3H3. The first-order chi connectivity index (χ1) is 4.22. The SMILES string of the molecule is [B]C(=C)C(=NC=C)OC. The van der Waals surface area contributed by atoms with Crippen LogP contribution in [0.25, 0.3) is 0 Å². The third-order valence-electron chi connectivity index (χ3n) is 0.677. The molecule has 0 rings (SSSR count). The van der Waals surface area contributed by atoms with E-state index in [1.807, 2.05) is 0 Å². The van der Waals surface area contributed by atoms with Crippen LogP contribution in [0, 0.1) is 0 Å². The summed E-state index contributed by atoms with van der Waals surface area (Å²) in [5.41, 5.74) is 0.303. The van der Waals surface area contributed by atoms with E-state index in [1.54, 1.807) is 0 Å². The molecule has 0 amide bonds. The van der Waals surface area contributed by atoms with Crippen molar-refractivity contribution in [2.24, 2.45) is 4.99 Å². The molecule has 0 spiro atoms. The zero-order valence-corrected chi connectivity index (χ0v) is 5.42. The monoisotopic (exact) mass is 121 g/mol. The van der Waals surface area contributed by atoms with E-state index in [9.17, 15) is 0 Å². The van der Waals surface area contributed by atoms with Crippen molar-refractivity contribution in [3.63, 3.8) is 0 Å². The predicted molar refractivity (Wildman–Crippen MR) is 39.5 cm³/mol. The summed E-state index contributed by atoms with van der Waals surface area (Å²) in [5, 5.41) is 0. The molecule has 2 radical (unpaired) electrons. The molecular formula is C6H8BNO. The molecular weight excluding hydrogens is 113 g/mol. The Morgan fingerprint density at radius 2 is 2.33 bits per heavy atom. The molecule has 0 heterocycles. The van der Waals surface area contributed by atoms with Crippen molar-refractivity contribution >= 4 is 13.7 Å². The summed E-state index contributed by atoms with van der Waals surface area (Å²) in [5.74, 6) is 0.310. The highest BCUT2D eigenvalue weighted by Gasteiger charge is 1.93. The van der Waals surface area contributed by atoms with Gasteiger partial charge in [0.25, 0.3) is 0 Å². The smallest absolute Gasteiger partial charge is 0.204 e. The van der Waals surface area contributed by atoms with Crippen LogP contribution in [0.15, 0.2) is 29.8 Å². The molecule has 0 aromatic carbocycles. The minimum Gasteiger partial charge on any atom is -0.481 e. The van der Waals surface area contributed by atoms with Gasteiger partial charge in [-0.2, -0.15) is 0 Å². The summed E-state index contributed by atoms with van der Waals surface area (Å²) in [6.07, 6.45) is 1.34. The molecule has 3 heteroatoms. The molecule has 46 valence electrons. The number of methoxy groups -OCH3 is 1. The van der Waals surface area contributed by atoms with Gasteiger partial charge >= 0.3 is 0 Å². The zero-order chi connectivity index (χ0) is 7.28. The van der Waals surface area contributed by atoms with E-state index < -0.39 is 0 Å². The second-order valence-corrected chi connectivity index (χ2v) is 1.35. The zero-order valence-electron chi connectivity index (χ0n) is 5.42. The van der Waals surface area contributed by atoms with Gasteiger partial charge in [0.15, 0.2) is 0 Å². The molecule has 2 nitrogen and oxygen atoms in total. The molecule has 0 unspecified atom stereocenters. The lowest BCUT2D eigenvalue weighted by Crippen LogP contribution is -2.03. The molecule has 0 saturated carbocycles. The lowest BCUT2D eigenvalue weighted by molar-refractivity contribution is 0.406. The quantitative estimate of drug-likeness (QED) is 0.301. The average Bonchev–Trinajstić information content (AvgIpc) is 1.82. The van der Waals surface area contributed by atoms with Gasteiger partial charge in [0, 0.05) is 6.20 Å². The third-order valence-corrected chi connectivity index (χ3v) is 0.677. The Morgan fingerprint density at radius 1 is 1.78 bits per heavy atom. The van der Waals surface area contributed by atoms with Crippen molar-refractivity contribution in [1.82, 2.24) is 0 Å². The van der Waals surface area contributed by atoms with Crippen LogP contribution < -0.4 is 0 Å². The van der Waals surface area contributed by atoms with Gasteiger partial charge in [-0.05, 0) is 5.47 Å². The predicted octanol–water partition coefficient (Wildman–Crippen LogP) is 0.857. The van der Waals surface area contributed by atoms with Crippen LogP contribution in [-0.4, -0.2) is 20.9 Å². The maximum absolute atomic E-state index is 5.24. The minimum atomic E-state index is 0.303. The third kappa shape index (κ3) is 2.75. The van der Waals surface area contributed by atoms with Crippen molar-refractivity contribution in [3.8, 4) is 0 Å². The second-order valence-electron chi connectivity index (χ2n) is 1.35. The summed E-state index contributed by atoms with van der Waals surface area (Å²) >= 11 is 0. The van der Waals surface area contributed by atoms with E-state index in [2.05, 4.69) is 18.2 Å². The molecule has 0 fully saturated rings. The minimum absolute atomic E-state index is 0.303. The fourth-order valence-corrected chi connectivity index (χ4v) is 0.350.